The molecule has 1 saturated carbocycles. The molecule has 1 aromatic carbocycles. The third-order valence-electron chi connectivity index (χ3n) is 4.01. The Morgan fingerprint density at radius 2 is 2.22 bits per heavy atom. The molecular formula is C17H20FN3OS. The number of thiazole rings is 1. The van der Waals surface area contributed by atoms with Gasteiger partial charge in [-0.3, -0.25) is 0 Å². The van der Waals surface area contributed by atoms with E-state index in [1.54, 1.807) is 40.6 Å². The Hall–Kier alpha value is -1.95. The van der Waals surface area contributed by atoms with Gasteiger partial charge in [0.15, 0.2) is 0 Å². The lowest BCUT2D eigenvalue weighted by Crippen LogP contribution is -2.42. The lowest BCUT2D eigenvalue weighted by atomic mass is 10.1. The molecule has 1 N–H and O–H groups in total. The zero-order valence-corrected chi connectivity index (χ0v) is 14.1. The minimum atomic E-state index is -0.290. The van der Waals surface area contributed by atoms with Crippen LogP contribution in [0.1, 0.15) is 41.3 Å². The average Bonchev–Trinajstić information content (AvgIpc) is 3.27. The number of urea groups is 1. The number of aryl methyl sites for hydroxylation is 1. The number of rotatable bonds is 5. The fourth-order valence-electron chi connectivity index (χ4n) is 2.70. The first-order valence-electron chi connectivity index (χ1n) is 7.78. The molecule has 1 aliphatic rings. The maximum absolute atomic E-state index is 14.0. The van der Waals surface area contributed by atoms with Crippen LogP contribution in [0.4, 0.5) is 9.18 Å². The summed E-state index contributed by atoms with van der Waals surface area (Å²) in [7, 11) is 0. The van der Waals surface area contributed by atoms with Gasteiger partial charge in [0.25, 0.3) is 0 Å². The summed E-state index contributed by atoms with van der Waals surface area (Å²) in [6.45, 7) is 4.27. The zero-order valence-electron chi connectivity index (χ0n) is 13.3. The van der Waals surface area contributed by atoms with Crippen LogP contribution < -0.4 is 5.32 Å². The molecule has 0 spiro atoms. The largest absolute Gasteiger partial charge is 0.331 e. The number of nitrogens with one attached hydrogen (secondary N) is 1. The van der Waals surface area contributed by atoms with Crippen molar-refractivity contribution < 1.29 is 9.18 Å². The number of amides is 2. The second-order valence-electron chi connectivity index (χ2n) is 5.86. The molecule has 1 fully saturated rings. The number of hydrogen-bond donors (Lipinski definition) is 1. The van der Waals surface area contributed by atoms with Gasteiger partial charge in [-0.2, -0.15) is 0 Å². The van der Waals surface area contributed by atoms with Crippen LogP contribution in [0, 0.1) is 12.7 Å². The van der Waals surface area contributed by atoms with E-state index in [4.69, 9.17) is 0 Å². The van der Waals surface area contributed by atoms with E-state index in [1.165, 1.54) is 6.07 Å². The quantitative estimate of drug-likeness (QED) is 0.898. The molecule has 0 aliphatic heterocycles. The van der Waals surface area contributed by atoms with Gasteiger partial charge in [-0.15, -0.1) is 11.3 Å². The summed E-state index contributed by atoms with van der Waals surface area (Å²) >= 11 is 1.57. The predicted octanol–water partition coefficient (Wildman–Crippen LogP) is 4.03. The standard InChI is InChI=1S/C17H20FN3OS/c1-11-9-19-16(23-11)10-20-17(22)21(13-7-8-13)12(2)14-5-3-4-6-15(14)18/h3-6,9,12-13H,7-8,10H2,1-2H3,(H,20,22). The molecule has 1 unspecified atom stereocenters. The van der Waals surface area contributed by atoms with E-state index in [0.29, 0.717) is 12.1 Å². The molecule has 1 aliphatic carbocycles. The van der Waals surface area contributed by atoms with E-state index in [0.717, 1.165) is 22.7 Å². The fraction of sp³-hybridized carbons (Fsp3) is 0.412. The van der Waals surface area contributed by atoms with Crippen LogP contribution >= 0.6 is 11.3 Å². The van der Waals surface area contributed by atoms with E-state index in [-0.39, 0.29) is 23.9 Å². The molecule has 122 valence electrons. The Kier molecular flexibility index (Phi) is 4.61. The maximum Gasteiger partial charge on any atom is 0.318 e. The third-order valence-corrected chi connectivity index (χ3v) is 4.92. The Morgan fingerprint density at radius 1 is 1.48 bits per heavy atom. The monoisotopic (exact) mass is 333 g/mol. The summed E-state index contributed by atoms with van der Waals surface area (Å²) in [4.78, 5) is 19.7. The van der Waals surface area contributed by atoms with Gasteiger partial charge < -0.3 is 10.2 Å². The topological polar surface area (TPSA) is 45.2 Å². The number of aromatic nitrogens is 1. The van der Waals surface area contributed by atoms with Gasteiger partial charge in [0, 0.05) is 22.7 Å². The van der Waals surface area contributed by atoms with Crippen molar-refractivity contribution in [3.05, 3.63) is 51.7 Å². The molecule has 1 heterocycles. The normalized spacial score (nSPS) is 15.3. The van der Waals surface area contributed by atoms with Gasteiger partial charge in [0.2, 0.25) is 0 Å². The minimum absolute atomic E-state index is 0.156. The Bertz CT molecular complexity index is 699. The lowest BCUT2D eigenvalue weighted by Gasteiger charge is -2.30. The van der Waals surface area contributed by atoms with Crippen molar-refractivity contribution in [2.24, 2.45) is 0 Å². The predicted molar refractivity (Wildman–Crippen MR) is 88.8 cm³/mol. The molecule has 2 amide bonds. The first-order chi connectivity index (χ1) is 11.1. The Balaban J connectivity index is 1.71. The third kappa shape index (κ3) is 3.69. The minimum Gasteiger partial charge on any atom is -0.331 e. The van der Waals surface area contributed by atoms with Gasteiger partial charge in [-0.05, 0) is 32.8 Å². The molecule has 3 rings (SSSR count). The van der Waals surface area contributed by atoms with Gasteiger partial charge in [0.05, 0.1) is 12.6 Å². The van der Waals surface area contributed by atoms with Crippen molar-refractivity contribution in [3.8, 4) is 0 Å². The number of carbonyl (C=O) groups is 1. The van der Waals surface area contributed by atoms with Crippen LogP contribution in [0.2, 0.25) is 0 Å². The van der Waals surface area contributed by atoms with Gasteiger partial charge in [-0.25, -0.2) is 14.2 Å². The second-order valence-corrected chi connectivity index (χ2v) is 7.18. The average molecular weight is 333 g/mol. The van der Waals surface area contributed by atoms with E-state index < -0.39 is 0 Å². The summed E-state index contributed by atoms with van der Waals surface area (Å²) in [5.74, 6) is -0.269. The summed E-state index contributed by atoms with van der Waals surface area (Å²) < 4.78 is 14.0. The first kappa shape index (κ1) is 15.9. The highest BCUT2D eigenvalue weighted by Gasteiger charge is 2.37. The molecule has 6 heteroatoms. The zero-order chi connectivity index (χ0) is 16.4. The van der Waals surface area contributed by atoms with Crippen LogP contribution in [-0.2, 0) is 6.54 Å². The summed E-state index contributed by atoms with van der Waals surface area (Å²) in [5.41, 5.74) is 0.555. The van der Waals surface area contributed by atoms with Crippen molar-refractivity contribution in [2.45, 2.75) is 45.3 Å². The number of carbonyl (C=O) groups excluding carboxylic acids is 1. The van der Waals surface area contributed by atoms with E-state index in [1.807, 2.05) is 13.8 Å². The van der Waals surface area contributed by atoms with Gasteiger partial charge in [0.1, 0.15) is 10.8 Å². The van der Waals surface area contributed by atoms with Crippen LogP contribution in [0.5, 0.6) is 0 Å². The smallest absolute Gasteiger partial charge is 0.318 e. The Labute approximate surface area is 139 Å². The summed E-state index contributed by atoms with van der Waals surface area (Å²) in [6.07, 6.45) is 3.75. The number of nitrogens with zero attached hydrogens (tertiary/aromatic N) is 2. The van der Waals surface area contributed by atoms with Crippen LogP contribution in [-0.4, -0.2) is 22.0 Å². The maximum atomic E-state index is 14.0. The Morgan fingerprint density at radius 3 is 2.83 bits per heavy atom. The van der Waals surface area contributed by atoms with Crippen molar-refractivity contribution in [3.63, 3.8) is 0 Å². The highest BCUT2D eigenvalue weighted by atomic mass is 32.1. The molecule has 0 radical (unpaired) electrons. The number of hydrogen-bond acceptors (Lipinski definition) is 3. The molecule has 2 aromatic rings. The molecule has 4 nitrogen and oxygen atoms in total. The summed E-state index contributed by atoms with van der Waals surface area (Å²) in [6, 6.07) is 6.40. The van der Waals surface area contributed by atoms with Crippen molar-refractivity contribution in [2.75, 3.05) is 0 Å². The molecule has 1 atom stereocenters. The highest BCUT2D eigenvalue weighted by molar-refractivity contribution is 7.11. The molecule has 23 heavy (non-hydrogen) atoms. The van der Waals surface area contributed by atoms with Gasteiger partial charge in [-0.1, -0.05) is 18.2 Å². The van der Waals surface area contributed by atoms with Crippen molar-refractivity contribution >= 4 is 17.4 Å². The van der Waals surface area contributed by atoms with Gasteiger partial charge >= 0.3 is 6.03 Å². The van der Waals surface area contributed by atoms with Crippen molar-refractivity contribution in [1.29, 1.82) is 0 Å². The number of halogens is 1. The molecular weight excluding hydrogens is 313 g/mol. The fourth-order valence-corrected chi connectivity index (χ4v) is 3.43. The van der Waals surface area contributed by atoms with E-state index in [9.17, 15) is 9.18 Å². The first-order valence-corrected chi connectivity index (χ1v) is 8.60. The lowest BCUT2D eigenvalue weighted by molar-refractivity contribution is 0.173. The van der Waals surface area contributed by atoms with Crippen LogP contribution in [0.15, 0.2) is 30.5 Å². The summed E-state index contributed by atoms with van der Waals surface area (Å²) in [5, 5.41) is 3.80. The molecule has 0 bridgehead atoms. The highest BCUT2D eigenvalue weighted by Crippen LogP contribution is 2.35. The molecule has 0 saturated heterocycles. The SMILES string of the molecule is Cc1cnc(CNC(=O)N(C2CC2)C(C)c2ccccc2F)s1. The second kappa shape index (κ2) is 6.66. The van der Waals surface area contributed by atoms with Crippen LogP contribution in [0.3, 0.4) is 0 Å². The van der Waals surface area contributed by atoms with E-state index in [2.05, 4.69) is 10.3 Å². The van der Waals surface area contributed by atoms with E-state index >= 15 is 0 Å². The molecule has 1 aromatic heterocycles. The van der Waals surface area contributed by atoms with Crippen molar-refractivity contribution in [1.82, 2.24) is 15.2 Å². The van der Waals surface area contributed by atoms with Crippen LogP contribution in [0.25, 0.3) is 0 Å². The number of benzene rings is 1.